The van der Waals surface area contributed by atoms with E-state index in [2.05, 4.69) is 4.90 Å². The van der Waals surface area contributed by atoms with Crippen molar-refractivity contribution in [2.45, 2.75) is 12.2 Å². The van der Waals surface area contributed by atoms with Gasteiger partial charge in [-0.2, -0.15) is 13.2 Å². The maximum atomic E-state index is 13.8. The number of halogens is 4. The van der Waals surface area contributed by atoms with Gasteiger partial charge in [-0.05, 0) is 24.3 Å². The van der Waals surface area contributed by atoms with Gasteiger partial charge in [0.25, 0.3) is 11.8 Å². The molecule has 2 aliphatic heterocycles. The van der Waals surface area contributed by atoms with Gasteiger partial charge >= 0.3 is 6.18 Å². The number of piperazine rings is 1. The lowest BCUT2D eigenvalue weighted by Crippen LogP contribution is -2.64. The van der Waals surface area contributed by atoms with Crippen LogP contribution < -0.4 is 0 Å². The number of alkyl halides is 3. The first kappa shape index (κ1) is 23.1. The van der Waals surface area contributed by atoms with E-state index in [4.69, 9.17) is 11.6 Å². The number of amides is 2. The molecule has 34 heavy (non-hydrogen) atoms. The lowest BCUT2D eigenvalue weighted by Gasteiger charge is -2.48. The van der Waals surface area contributed by atoms with Crippen molar-refractivity contribution < 1.29 is 22.8 Å². The molecule has 2 fully saturated rings. The number of hydrogen-bond donors (Lipinski definition) is 0. The van der Waals surface area contributed by atoms with Crippen LogP contribution in [0.15, 0.2) is 48.5 Å². The van der Waals surface area contributed by atoms with Gasteiger partial charge in [-0.1, -0.05) is 35.9 Å². The van der Waals surface area contributed by atoms with E-state index in [1.54, 1.807) is 12.1 Å². The summed E-state index contributed by atoms with van der Waals surface area (Å²) in [6.07, 6.45) is -4.64. The van der Waals surface area contributed by atoms with Gasteiger partial charge in [-0.3, -0.25) is 14.5 Å². The number of fused-ring (bicyclic) bond motifs is 1. The highest BCUT2D eigenvalue weighted by Crippen LogP contribution is 2.43. The number of carbonyl (C=O) groups is 2. The fraction of sp³-hybridized carbons (Fsp3) is 0.333. The van der Waals surface area contributed by atoms with Crippen molar-refractivity contribution in [3.8, 4) is 0 Å². The standard InChI is InChI=1S/C24H21ClF3N3O2S/c25-16-6-7-18-19(12-16)34-21(20(18)24(26,27)28)23(33)31-13-17(14-31)29-8-10-30(11-9-29)22(32)15-4-2-1-3-5-15/h1-7,12,17H,8-11,13-14H2. The molecule has 2 aliphatic rings. The Hall–Kier alpha value is -2.62. The Labute approximate surface area is 203 Å². The zero-order valence-corrected chi connectivity index (χ0v) is 19.6. The maximum absolute atomic E-state index is 13.8. The summed E-state index contributed by atoms with van der Waals surface area (Å²) in [4.78, 5) is 30.8. The molecule has 0 bridgehead atoms. The molecule has 0 aliphatic carbocycles. The largest absolute Gasteiger partial charge is 0.418 e. The molecule has 0 spiro atoms. The molecule has 1 aromatic heterocycles. The summed E-state index contributed by atoms with van der Waals surface area (Å²) in [5, 5.41) is 0.330. The topological polar surface area (TPSA) is 43.9 Å². The second-order valence-corrected chi connectivity index (χ2v) is 9.99. The lowest BCUT2D eigenvalue weighted by atomic mass is 10.0. The molecular formula is C24H21ClF3N3O2S. The van der Waals surface area contributed by atoms with Crippen molar-refractivity contribution in [2.75, 3.05) is 39.3 Å². The van der Waals surface area contributed by atoms with E-state index >= 15 is 0 Å². The van der Waals surface area contributed by atoms with Gasteiger partial charge in [0.1, 0.15) is 4.88 Å². The summed E-state index contributed by atoms with van der Waals surface area (Å²) >= 11 is 6.78. The van der Waals surface area contributed by atoms with Crippen LogP contribution in [0.3, 0.4) is 0 Å². The third-order valence-corrected chi connectivity index (χ3v) is 7.79. The fourth-order valence-corrected chi connectivity index (χ4v) is 6.02. The van der Waals surface area contributed by atoms with E-state index < -0.39 is 17.6 Å². The highest BCUT2D eigenvalue weighted by atomic mass is 35.5. The molecule has 2 amide bonds. The minimum atomic E-state index is -4.64. The predicted octanol–water partition coefficient (Wildman–Crippen LogP) is 4.86. The fourth-order valence-electron chi connectivity index (χ4n) is 4.55. The van der Waals surface area contributed by atoms with Crippen LogP contribution in [-0.4, -0.2) is 71.8 Å². The quantitative estimate of drug-likeness (QED) is 0.509. The van der Waals surface area contributed by atoms with Crippen LogP contribution in [-0.2, 0) is 6.18 Å². The smallest absolute Gasteiger partial charge is 0.336 e. The number of carbonyl (C=O) groups excluding carboxylic acids is 2. The number of thiophene rings is 1. The molecule has 2 aromatic carbocycles. The number of benzene rings is 2. The highest BCUT2D eigenvalue weighted by molar-refractivity contribution is 7.21. The van der Waals surface area contributed by atoms with E-state index in [1.807, 2.05) is 23.1 Å². The first-order valence-electron chi connectivity index (χ1n) is 10.9. The summed E-state index contributed by atoms with van der Waals surface area (Å²) < 4.78 is 41.8. The van der Waals surface area contributed by atoms with Crippen LogP contribution in [0.2, 0.25) is 5.02 Å². The molecule has 0 N–H and O–H groups in total. The van der Waals surface area contributed by atoms with E-state index in [0.717, 1.165) is 11.3 Å². The average molecular weight is 508 g/mol. The Morgan fingerprint density at radius 3 is 2.24 bits per heavy atom. The van der Waals surface area contributed by atoms with Crippen molar-refractivity contribution in [2.24, 2.45) is 0 Å². The average Bonchev–Trinajstić information content (AvgIpc) is 3.18. The Morgan fingerprint density at radius 1 is 0.912 bits per heavy atom. The molecule has 10 heteroatoms. The maximum Gasteiger partial charge on any atom is 0.418 e. The van der Waals surface area contributed by atoms with E-state index in [-0.39, 0.29) is 22.2 Å². The van der Waals surface area contributed by atoms with Gasteiger partial charge in [0.05, 0.1) is 5.56 Å². The summed E-state index contributed by atoms with van der Waals surface area (Å²) in [5.74, 6) is -0.603. The van der Waals surface area contributed by atoms with Gasteiger partial charge in [-0.25, -0.2) is 0 Å². The molecule has 5 rings (SSSR count). The van der Waals surface area contributed by atoms with E-state index in [1.165, 1.54) is 23.1 Å². The molecule has 178 valence electrons. The Morgan fingerprint density at radius 2 is 1.59 bits per heavy atom. The molecule has 0 unspecified atom stereocenters. The third-order valence-electron chi connectivity index (χ3n) is 6.42. The number of hydrogen-bond acceptors (Lipinski definition) is 4. The predicted molar refractivity (Wildman–Crippen MR) is 125 cm³/mol. The van der Waals surface area contributed by atoms with Gasteiger partial charge in [-0.15, -0.1) is 11.3 Å². The summed E-state index contributed by atoms with van der Waals surface area (Å²) in [5.41, 5.74) is -0.230. The molecular weight excluding hydrogens is 487 g/mol. The first-order chi connectivity index (χ1) is 16.2. The number of rotatable bonds is 3. The molecule has 0 saturated carbocycles. The van der Waals surface area contributed by atoms with E-state index in [9.17, 15) is 22.8 Å². The van der Waals surface area contributed by atoms with Gasteiger partial charge in [0.15, 0.2) is 0 Å². The summed E-state index contributed by atoms with van der Waals surface area (Å²) in [6.45, 7) is 3.23. The molecule has 3 aromatic rings. The van der Waals surface area contributed by atoms with Crippen molar-refractivity contribution in [3.05, 3.63) is 69.6 Å². The van der Waals surface area contributed by atoms with Crippen LogP contribution >= 0.6 is 22.9 Å². The zero-order chi connectivity index (χ0) is 24.0. The van der Waals surface area contributed by atoms with Crippen LogP contribution in [0.25, 0.3) is 10.1 Å². The number of likely N-dealkylation sites (tertiary alicyclic amines) is 1. The van der Waals surface area contributed by atoms with Crippen LogP contribution in [0, 0.1) is 0 Å². The highest BCUT2D eigenvalue weighted by Gasteiger charge is 2.43. The Balaban J connectivity index is 1.23. The lowest BCUT2D eigenvalue weighted by molar-refractivity contribution is -0.136. The first-order valence-corrected chi connectivity index (χ1v) is 12.1. The number of nitrogens with zero attached hydrogens (tertiary/aromatic N) is 3. The minimum absolute atomic E-state index is 0.00142. The molecule has 5 nitrogen and oxygen atoms in total. The van der Waals surface area contributed by atoms with Crippen molar-refractivity contribution in [3.63, 3.8) is 0 Å². The second-order valence-electron chi connectivity index (χ2n) is 8.50. The Kier molecular flexibility index (Phi) is 6.03. The van der Waals surface area contributed by atoms with E-state index in [0.29, 0.717) is 54.6 Å². The van der Waals surface area contributed by atoms with Crippen molar-refractivity contribution in [1.82, 2.24) is 14.7 Å². The second kappa shape index (κ2) is 8.87. The monoisotopic (exact) mass is 507 g/mol. The third kappa shape index (κ3) is 4.28. The van der Waals surface area contributed by atoms with Gasteiger partial charge in [0, 0.05) is 66.0 Å². The molecule has 2 saturated heterocycles. The van der Waals surface area contributed by atoms with Gasteiger partial charge < -0.3 is 9.80 Å². The Bertz CT molecular complexity index is 1230. The van der Waals surface area contributed by atoms with Crippen LogP contribution in [0.4, 0.5) is 13.2 Å². The minimum Gasteiger partial charge on any atom is -0.336 e. The molecule has 0 radical (unpaired) electrons. The van der Waals surface area contributed by atoms with Crippen LogP contribution in [0.5, 0.6) is 0 Å². The van der Waals surface area contributed by atoms with Gasteiger partial charge in [0.2, 0.25) is 0 Å². The van der Waals surface area contributed by atoms with Crippen molar-refractivity contribution >= 4 is 44.8 Å². The summed E-state index contributed by atoms with van der Waals surface area (Å²) in [6, 6.07) is 13.4. The van der Waals surface area contributed by atoms with Crippen LogP contribution in [0.1, 0.15) is 25.6 Å². The molecule has 0 atom stereocenters. The van der Waals surface area contributed by atoms with Crippen molar-refractivity contribution in [1.29, 1.82) is 0 Å². The zero-order valence-electron chi connectivity index (χ0n) is 18.0. The molecule has 3 heterocycles. The summed E-state index contributed by atoms with van der Waals surface area (Å²) in [7, 11) is 0. The SMILES string of the molecule is O=C(c1ccccc1)N1CCN(C2CN(C(=O)c3sc4cc(Cl)ccc4c3C(F)(F)F)C2)CC1. The normalized spacial score (nSPS) is 17.8.